The third-order valence-electron chi connectivity index (χ3n) is 3.59. The van der Waals surface area contributed by atoms with Gasteiger partial charge in [-0.25, -0.2) is 4.79 Å². The van der Waals surface area contributed by atoms with E-state index in [1.807, 2.05) is 6.07 Å². The Bertz CT molecular complexity index is 848. The third-order valence-corrected chi connectivity index (χ3v) is 4.81. The lowest BCUT2D eigenvalue weighted by Gasteiger charge is -2.15. The Morgan fingerprint density at radius 2 is 2.08 bits per heavy atom. The largest absolute Gasteiger partial charge is 0.454 e. The summed E-state index contributed by atoms with van der Waals surface area (Å²) in [7, 11) is 1.65. The van der Waals surface area contributed by atoms with Gasteiger partial charge in [0, 0.05) is 18.0 Å². The lowest BCUT2D eigenvalue weighted by molar-refractivity contribution is -0.147. The van der Waals surface area contributed by atoms with E-state index in [1.165, 1.54) is 22.3 Å². The lowest BCUT2D eigenvalue weighted by Crippen LogP contribution is -2.30. The summed E-state index contributed by atoms with van der Waals surface area (Å²) in [6, 6.07) is 8.96. The first-order valence-electron chi connectivity index (χ1n) is 7.74. The zero-order chi connectivity index (χ0) is 18.5. The van der Waals surface area contributed by atoms with Gasteiger partial charge in [0.1, 0.15) is 0 Å². The van der Waals surface area contributed by atoms with E-state index in [0.29, 0.717) is 22.4 Å². The van der Waals surface area contributed by atoms with Gasteiger partial charge in [-0.1, -0.05) is 17.7 Å². The van der Waals surface area contributed by atoms with Crippen LogP contribution in [-0.4, -0.2) is 37.2 Å². The number of carbonyl (C=O) groups excluding carboxylic acids is 2. The second kappa shape index (κ2) is 8.25. The van der Waals surface area contributed by atoms with Crippen molar-refractivity contribution in [3.05, 3.63) is 51.2 Å². The molecule has 0 radical (unpaired) electrons. The number of fused-ring (bicyclic) bond motifs is 1. The van der Waals surface area contributed by atoms with Gasteiger partial charge in [-0.15, -0.1) is 11.3 Å². The van der Waals surface area contributed by atoms with Gasteiger partial charge in [0.25, 0.3) is 5.91 Å². The van der Waals surface area contributed by atoms with Crippen LogP contribution < -0.4 is 9.47 Å². The zero-order valence-corrected chi connectivity index (χ0v) is 15.5. The van der Waals surface area contributed by atoms with Crippen LogP contribution in [0.4, 0.5) is 0 Å². The van der Waals surface area contributed by atoms with Crippen molar-refractivity contribution in [2.24, 2.45) is 0 Å². The molecule has 0 unspecified atom stereocenters. The lowest BCUT2D eigenvalue weighted by atomic mass is 10.2. The number of ether oxygens (including phenoxy) is 3. The van der Waals surface area contributed by atoms with Crippen LogP contribution in [0.5, 0.6) is 11.5 Å². The average Bonchev–Trinajstić information content (AvgIpc) is 3.25. The van der Waals surface area contributed by atoms with Crippen molar-refractivity contribution in [3.8, 4) is 11.5 Å². The smallest absolute Gasteiger partial charge is 0.331 e. The number of amides is 1. The van der Waals surface area contributed by atoms with Crippen LogP contribution in [-0.2, 0) is 20.9 Å². The van der Waals surface area contributed by atoms with Gasteiger partial charge >= 0.3 is 5.97 Å². The van der Waals surface area contributed by atoms with Crippen molar-refractivity contribution >= 4 is 40.9 Å². The zero-order valence-electron chi connectivity index (χ0n) is 13.9. The SMILES string of the molecule is CN(Cc1ccc(Cl)s1)C(=O)COC(=O)/C=C/c1ccc2c(c1)OCO2. The Hall–Kier alpha value is -2.51. The molecule has 0 aliphatic carbocycles. The van der Waals surface area contributed by atoms with Crippen LogP contribution in [0.15, 0.2) is 36.4 Å². The van der Waals surface area contributed by atoms with Gasteiger partial charge < -0.3 is 19.1 Å². The van der Waals surface area contributed by atoms with E-state index in [1.54, 1.807) is 37.4 Å². The van der Waals surface area contributed by atoms with E-state index in [-0.39, 0.29) is 19.3 Å². The van der Waals surface area contributed by atoms with Gasteiger partial charge in [0.15, 0.2) is 18.1 Å². The van der Waals surface area contributed by atoms with E-state index in [2.05, 4.69) is 0 Å². The fraction of sp³-hybridized carbons (Fsp3) is 0.222. The van der Waals surface area contributed by atoms with Gasteiger partial charge in [0.2, 0.25) is 6.79 Å². The van der Waals surface area contributed by atoms with Crippen molar-refractivity contribution in [3.63, 3.8) is 0 Å². The molecule has 0 saturated carbocycles. The highest BCUT2D eigenvalue weighted by atomic mass is 35.5. The fourth-order valence-corrected chi connectivity index (χ4v) is 3.37. The van der Waals surface area contributed by atoms with Gasteiger partial charge in [-0.05, 0) is 35.9 Å². The average molecular weight is 394 g/mol. The number of thiophene rings is 1. The topological polar surface area (TPSA) is 65.1 Å². The van der Waals surface area contributed by atoms with Crippen molar-refractivity contribution < 1.29 is 23.8 Å². The Morgan fingerprint density at radius 1 is 1.27 bits per heavy atom. The van der Waals surface area contributed by atoms with Gasteiger partial charge in [0.05, 0.1) is 10.9 Å². The molecule has 3 rings (SSSR count). The molecular weight excluding hydrogens is 378 g/mol. The van der Waals surface area contributed by atoms with Crippen molar-refractivity contribution in [1.82, 2.24) is 4.90 Å². The number of likely N-dealkylation sites (N-methyl/N-ethyl adjacent to an activating group) is 1. The summed E-state index contributed by atoms with van der Waals surface area (Å²) in [5.41, 5.74) is 0.768. The monoisotopic (exact) mass is 393 g/mol. The molecule has 0 saturated heterocycles. The molecule has 1 aromatic carbocycles. The van der Waals surface area contributed by atoms with Crippen LogP contribution in [0.2, 0.25) is 4.34 Å². The normalized spacial score (nSPS) is 12.4. The molecule has 1 amide bonds. The third kappa shape index (κ3) is 4.77. The second-order valence-electron chi connectivity index (χ2n) is 5.51. The van der Waals surface area contributed by atoms with Crippen LogP contribution in [0.1, 0.15) is 10.4 Å². The van der Waals surface area contributed by atoms with E-state index >= 15 is 0 Å². The molecule has 136 valence electrons. The first-order chi connectivity index (χ1) is 12.5. The maximum absolute atomic E-state index is 12.0. The quantitative estimate of drug-likeness (QED) is 0.556. The highest BCUT2D eigenvalue weighted by molar-refractivity contribution is 7.16. The van der Waals surface area contributed by atoms with Crippen molar-refractivity contribution in [2.45, 2.75) is 6.54 Å². The Labute approximate surface area is 159 Å². The van der Waals surface area contributed by atoms with Crippen LogP contribution in [0.3, 0.4) is 0 Å². The number of halogens is 1. The molecule has 0 spiro atoms. The van der Waals surface area contributed by atoms with Crippen molar-refractivity contribution in [2.75, 3.05) is 20.4 Å². The van der Waals surface area contributed by atoms with E-state index in [9.17, 15) is 9.59 Å². The fourth-order valence-electron chi connectivity index (χ4n) is 2.23. The van der Waals surface area contributed by atoms with Crippen LogP contribution >= 0.6 is 22.9 Å². The molecule has 0 bridgehead atoms. The molecule has 26 heavy (non-hydrogen) atoms. The van der Waals surface area contributed by atoms with Gasteiger partial charge in [-0.3, -0.25) is 4.79 Å². The standard InChI is InChI=1S/C18H16ClNO5S/c1-20(9-13-4-6-16(19)26-13)17(21)10-23-18(22)7-3-12-2-5-14-15(8-12)25-11-24-14/h2-8H,9-11H2,1H3/b7-3+. The Morgan fingerprint density at radius 3 is 2.85 bits per heavy atom. The number of benzene rings is 1. The molecule has 0 atom stereocenters. The summed E-state index contributed by atoms with van der Waals surface area (Å²) in [5, 5.41) is 0. The highest BCUT2D eigenvalue weighted by Gasteiger charge is 2.14. The summed E-state index contributed by atoms with van der Waals surface area (Å²) in [6.07, 6.45) is 2.86. The van der Waals surface area contributed by atoms with Crippen molar-refractivity contribution in [1.29, 1.82) is 0 Å². The molecule has 1 aliphatic rings. The minimum absolute atomic E-state index is 0.192. The summed E-state index contributed by atoms with van der Waals surface area (Å²) in [6.45, 7) is 0.290. The van der Waals surface area contributed by atoms with Crippen LogP contribution in [0, 0.1) is 0 Å². The van der Waals surface area contributed by atoms with E-state index in [0.717, 1.165) is 10.4 Å². The predicted octanol–water partition coefficient (Wildman–Crippen LogP) is 3.35. The Kier molecular flexibility index (Phi) is 5.80. The van der Waals surface area contributed by atoms with E-state index in [4.69, 9.17) is 25.8 Å². The molecule has 6 nitrogen and oxygen atoms in total. The summed E-state index contributed by atoms with van der Waals surface area (Å²) in [5.74, 6) is 0.416. The molecule has 2 heterocycles. The molecule has 8 heteroatoms. The second-order valence-corrected chi connectivity index (χ2v) is 7.31. The van der Waals surface area contributed by atoms with Gasteiger partial charge in [-0.2, -0.15) is 0 Å². The molecule has 0 fully saturated rings. The van der Waals surface area contributed by atoms with Crippen LogP contribution in [0.25, 0.3) is 6.08 Å². The summed E-state index contributed by atoms with van der Waals surface area (Å²) in [4.78, 5) is 26.3. The minimum atomic E-state index is -0.594. The first kappa shape index (κ1) is 18.3. The predicted molar refractivity (Wildman–Crippen MR) is 98.4 cm³/mol. The maximum Gasteiger partial charge on any atom is 0.331 e. The first-order valence-corrected chi connectivity index (χ1v) is 8.93. The number of hydrogen-bond donors (Lipinski definition) is 0. The highest BCUT2D eigenvalue weighted by Crippen LogP contribution is 2.32. The number of carbonyl (C=O) groups is 2. The van der Waals surface area contributed by atoms with E-state index < -0.39 is 5.97 Å². The molecule has 1 aliphatic heterocycles. The summed E-state index contributed by atoms with van der Waals surface area (Å²) >= 11 is 7.27. The Balaban J connectivity index is 1.46. The number of nitrogens with zero attached hydrogens (tertiary/aromatic N) is 1. The molecular formula is C18H16ClNO5S. The minimum Gasteiger partial charge on any atom is -0.454 e. The molecule has 2 aromatic rings. The molecule has 1 aromatic heterocycles. The summed E-state index contributed by atoms with van der Waals surface area (Å²) < 4.78 is 16.1. The number of hydrogen-bond acceptors (Lipinski definition) is 6. The number of esters is 1. The maximum atomic E-state index is 12.0. The molecule has 0 N–H and O–H groups in total. The number of rotatable bonds is 6.